The fraction of sp³-hybridized carbons (Fsp3) is 0.148. The van der Waals surface area contributed by atoms with Crippen LogP contribution in [0.1, 0.15) is 16.7 Å². The summed E-state index contributed by atoms with van der Waals surface area (Å²) in [6.07, 6.45) is 1.62. The molecule has 1 heterocycles. The van der Waals surface area contributed by atoms with Gasteiger partial charge in [-0.15, -0.1) is 0 Å². The first kappa shape index (κ1) is 25.3. The van der Waals surface area contributed by atoms with E-state index in [1.165, 1.54) is 12.0 Å². The summed E-state index contributed by atoms with van der Waals surface area (Å²) < 4.78 is 11.0. The molecule has 0 radical (unpaired) electrons. The lowest BCUT2D eigenvalue weighted by atomic mass is 10.1. The molecule has 1 N–H and O–H groups in total. The number of amides is 3. The van der Waals surface area contributed by atoms with Gasteiger partial charge in [-0.05, 0) is 66.2 Å². The van der Waals surface area contributed by atoms with Crippen molar-refractivity contribution in [1.82, 2.24) is 4.90 Å². The van der Waals surface area contributed by atoms with Crippen molar-refractivity contribution in [3.63, 3.8) is 0 Å². The SMILES string of the molecule is COc1cc(/C=C2/SC(=O)N(Cc3ccccc3Cl)C2=O)ccc1OCC(=O)Nc1ccc(C)cc1. The molecule has 0 spiro atoms. The van der Waals surface area contributed by atoms with Gasteiger partial charge >= 0.3 is 0 Å². The lowest BCUT2D eigenvalue weighted by molar-refractivity contribution is -0.123. The minimum Gasteiger partial charge on any atom is -0.493 e. The summed E-state index contributed by atoms with van der Waals surface area (Å²) in [7, 11) is 1.48. The molecule has 4 rings (SSSR count). The first-order chi connectivity index (χ1) is 17.3. The number of hydrogen-bond donors (Lipinski definition) is 1. The Morgan fingerprint density at radius 3 is 2.53 bits per heavy atom. The summed E-state index contributed by atoms with van der Waals surface area (Å²) in [5.41, 5.74) is 3.11. The summed E-state index contributed by atoms with van der Waals surface area (Å²) in [5, 5.41) is 2.90. The van der Waals surface area contributed by atoms with Gasteiger partial charge in [0.15, 0.2) is 18.1 Å². The van der Waals surface area contributed by atoms with Crippen LogP contribution in [0.25, 0.3) is 6.08 Å². The van der Waals surface area contributed by atoms with E-state index in [0.29, 0.717) is 38.2 Å². The van der Waals surface area contributed by atoms with Gasteiger partial charge in [0.25, 0.3) is 17.1 Å². The minimum absolute atomic E-state index is 0.0996. The number of nitrogens with one attached hydrogen (secondary N) is 1. The van der Waals surface area contributed by atoms with Gasteiger partial charge in [-0.1, -0.05) is 53.6 Å². The fourth-order valence-electron chi connectivity index (χ4n) is 3.46. The van der Waals surface area contributed by atoms with Gasteiger partial charge in [0.1, 0.15) is 0 Å². The average molecular weight is 523 g/mol. The first-order valence-corrected chi connectivity index (χ1v) is 12.2. The van der Waals surface area contributed by atoms with E-state index in [2.05, 4.69) is 5.32 Å². The van der Waals surface area contributed by atoms with Gasteiger partial charge in [0.2, 0.25) is 0 Å². The van der Waals surface area contributed by atoms with Crippen LogP contribution in [0.15, 0.2) is 71.6 Å². The van der Waals surface area contributed by atoms with Gasteiger partial charge in [-0.25, -0.2) is 0 Å². The molecule has 1 fully saturated rings. The summed E-state index contributed by atoms with van der Waals surface area (Å²) in [6.45, 7) is 1.86. The second-order valence-corrected chi connectivity index (χ2v) is 9.37. The number of rotatable bonds is 8. The maximum atomic E-state index is 12.9. The molecule has 36 heavy (non-hydrogen) atoms. The van der Waals surface area contributed by atoms with Crippen LogP contribution in [0.3, 0.4) is 0 Å². The Kier molecular flexibility index (Phi) is 7.97. The number of aryl methyl sites for hydroxylation is 1. The second kappa shape index (κ2) is 11.3. The van der Waals surface area contributed by atoms with Gasteiger partial charge < -0.3 is 14.8 Å². The third-order valence-electron chi connectivity index (χ3n) is 5.34. The van der Waals surface area contributed by atoms with Gasteiger partial charge in [-0.2, -0.15) is 0 Å². The van der Waals surface area contributed by atoms with Crippen LogP contribution in [-0.2, 0) is 16.1 Å². The summed E-state index contributed by atoms with van der Waals surface area (Å²) >= 11 is 7.05. The van der Waals surface area contributed by atoms with Crippen molar-refractivity contribution in [3.8, 4) is 11.5 Å². The van der Waals surface area contributed by atoms with E-state index < -0.39 is 5.91 Å². The van der Waals surface area contributed by atoms with Crippen LogP contribution in [-0.4, -0.2) is 35.7 Å². The Bertz CT molecular complexity index is 1340. The van der Waals surface area contributed by atoms with Crippen molar-refractivity contribution < 1.29 is 23.9 Å². The predicted molar refractivity (Wildman–Crippen MR) is 141 cm³/mol. The Hall–Kier alpha value is -3.75. The number of carbonyl (C=O) groups is 3. The molecule has 0 bridgehead atoms. The van der Waals surface area contributed by atoms with Crippen LogP contribution < -0.4 is 14.8 Å². The number of nitrogens with zero attached hydrogens (tertiary/aromatic N) is 1. The molecule has 3 aromatic rings. The summed E-state index contributed by atoms with van der Waals surface area (Å²) in [6, 6.07) is 19.6. The summed E-state index contributed by atoms with van der Waals surface area (Å²) in [4.78, 5) is 39.1. The monoisotopic (exact) mass is 522 g/mol. The Morgan fingerprint density at radius 2 is 1.81 bits per heavy atom. The van der Waals surface area contributed by atoms with Gasteiger partial charge in [-0.3, -0.25) is 19.3 Å². The van der Waals surface area contributed by atoms with E-state index in [1.807, 2.05) is 31.2 Å². The van der Waals surface area contributed by atoms with Crippen LogP contribution in [0.2, 0.25) is 5.02 Å². The molecule has 1 saturated heterocycles. The number of ether oxygens (including phenoxy) is 2. The molecule has 7 nitrogen and oxygen atoms in total. The van der Waals surface area contributed by atoms with Crippen LogP contribution in [0.5, 0.6) is 11.5 Å². The van der Waals surface area contributed by atoms with E-state index in [0.717, 1.165) is 17.3 Å². The third kappa shape index (κ3) is 6.08. The molecule has 0 unspecified atom stereocenters. The molecular weight excluding hydrogens is 500 g/mol. The number of hydrogen-bond acceptors (Lipinski definition) is 6. The Balaban J connectivity index is 1.42. The standard InChI is InChI=1S/C27H23ClN2O5S/c1-17-7-10-20(11-8-17)29-25(31)16-35-22-12-9-18(13-23(22)34-2)14-24-26(32)30(27(33)36-24)15-19-5-3-4-6-21(19)28/h3-14H,15-16H2,1-2H3,(H,29,31)/b24-14+. The van der Waals surface area contributed by atoms with Crippen molar-refractivity contribution in [2.75, 3.05) is 19.0 Å². The number of imide groups is 1. The van der Waals surface area contributed by atoms with E-state index in [1.54, 1.807) is 48.5 Å². The predicted octanol–water partition coefficient (Wildman–Crippen LogP) is 5.91. The Morgan fingerprint density at radius 1 is 1.06 bits per heavy atom. The highest BCUT2D eigenvalue weighted by atomic mass is 35.5. The molecule has 1 aliphatic heterocycles. The van der Waals surface area contributed by atoms with Gasteiger partial charge in [0, 0.05) is 10.7 Å². The van der Waals surface area contributed by atoms with Crippen LogP contribution in [0, 0.1) is 6.92 Å². The highest BCUT2D eigenvalue weighted by Gasteiger charge is 2.35. The maximum Gasteiger partial charge on any atom is 0.293 e. The normalized spacial score (nSPS) is 14.3. The molecule has 0 aliphatic carbocycles. The smallest absolute Gasteiger partial charge is 0.293 e. The van der Waals surface area contributed by atoms with Gasteiger partial charge in [0.05, 0.1) is 18.6 Å². The molecule has 184 valence electrons. The average Bonchev–Trinajstić information content (AvgIpc) is 3.13. The number of anilines is 1. The Labute approximate surface area is 218 Å². The second-order valence-electron chi connectivity index (χ2n) is 7.97. The lowest BCUT2D eigenvalue weighted by Crippen LogP contribution is -2.27. The maximum absolute atomic E-state index is 12.9. The molecule has 0 saturated carbocycles. The number of benzene rings is 3. The van der Waals surface area contributed by atoms with Crippen molar-refractivity contribution in [1.29, 1.82) is 0 Å². The highest BCUT2D eigenvalue weighted by Crippen LogP contribution is 2.36. The van der Waals surface area contributed by atoms with Crippen molar-refractivity contribution in [3.05, 3.63) is 93.3 Å². The molecule has 3 amide bonds. The summed E-state index contributed by atoms with van der Waals surface area (Å²) in [5.74, 6) is 0.0666. The highest BCUT2D eigenvalue weighted by molar-refractivity contribution is 8.18. The molecule has 0 atom stereocenters. The number of methoxy groups -OCH3 is 1. The quantitative estimate of drug-likeness (QED) is 0.370. The lowest BCUT2D eigenvalue weighted by Gasteiger charge is -2.13. The molecule has 1 aliphatic rings. The van der Waals surface area contributed by atoms with Crippen molar-refractivity contribution in [2.45, 2.75) is 13.5 Å². The fourth-order valence-corrected chi connectivity index (χ4v) is 4.49. The van der Waals surface area contributed by atoms with Crippen molar-refractivity contribution >= 4 is 52.2 Å². The number of halogens is 1. The zero-order valence-electron chi connectivity index (χ0n) is 19.6. The van der Waals surface area contributed by atoms with Crippen LogP contribution in [0.4, 0.5) is 10.5 Å². The van der Waals surface area contributed by atoms with Crippen molar-refractivity contribution in [2.24, 2.45) is 0 Å². The third-order valence-corrected chi connectivity index (χ3v) is 6.62. The molecule has 9 heteroatoms. The van der Waals surface area contributed by atoms with E-state index >= 15 is 0 Å². The minimum atomic E-state index is -0.392. The van der Waals surface area contributed by atoms with E-state index in [9.17, 15) is 14.4 Å². The van der Waals surface area contributed by atoms with E-state index in [4.69, 9.17) is 21.1 Å². The van der Waals surface area contributed by atoms with E-state index in [-0.39, 0.29) is 24.3 Å². The zero-order valence-corrected chi connectivity index (χ0v) is 21.2. The molecule has 0 aromatic heterocycles. The molecular formula is C27H23ClN2O5S. The molecule has 3 aromatic carbocycles. The first-order valence-electron chi connectivity index (χ1n) is 11.0. The number of thioether (sulfide) groups is 1. The topological polar surface area (TPSA) is 84.9 Å². The van der Waals surface area contributed by atoms with Crippen LogP contribution >= 0.6 is 23.4 Å². The largest absolute Gasteiger partial charge is 0.493 e. The zero-order chi connectivity index (χ0) is 25.7. The number of carbonyl (C=O) groups excluding carboxylic acids is 3.